The van der Waals surface area contributed by atoms with Gasteiger partial charge in [-0.15, -0.1) is 0 Å². The zero-order chi connectivity index (χ0) is 62.9. The standard InChI is InChI=1S/2C22H26N2O4S.C21H24N2O2.CH3ClO2S/c2*1-27-21-12-15-10-11-24(29(3,25)26)20(18(15)13-22(21)28-2)9-8-16-14-23-19-7-5-4-6-17(16)19;1-24-20-11-14-9-10-22-19(17(14)12-21(20)25-2)8-7-15-13-23-18-6-4-3-5-16(15)18;1-5(2,3)4/h2*4-7,12-14,20,23H,8-11H2,1-3H3;3-6,11-13,19,22-23H,7-10H2,1-2H3;1H3. The minimum absolute atomic E-state index is 0.234. The molecule has 3 aliphatic heterocycles. The second-order valence-corrected chi connectivity index (χ2v) is 29.0. The van der Waals surface area contributed by atoms with Crippen LogP contribution in [-0.2, 0) is 67.6 Å². The molecule has 3 aliphatic rings. The molecule has 12 rings (SSSR count). The molecule has 4 N–H and O–H groups in total. The van der Waals surface area contributed by atoms with Crippen LogP contribution in [0.2, 0.25) is 0 Å². The van der Waals surface area contributed by atoms with E-state index < -0.39 is 29.1 Å². The first-order valence-corrected chi connectivity index (χ1v) is 35.5. The number of aromatic nitrogens is 3. The summed E-state index contributed by atoms with van der Waals surface area (Å²) in [4.78, 5) is 9.97. The van der Waals surface area contributed by atoms with Gasteiger partial charge in [-0.25, -0.2) is 25.3 Å². The highest BCUT2D eigenvalue weighted by molar-refractivity contribution is 8.13. The Hall–Kier alpha value is -7.24. The number of nitrogens with one attached hydrogen (secondary N) is 4. The molecular formula is C66H79ClN6O12S3. The van der Waals surface area contributed by atoms with Crippen LogP contribution in [0, 0.1) is 0 Å². The van der Waals surface area contributed by atoms with Crippen molar-refractivity contribution in [3.8, 4) is 34.5 Å². The van der Waals surface area contributed by atoms with Crippen molar-refractivity contribution in [1.82, 2.24) is 28.9 Å². The Morgan fingerprint density at radius 2 is 0.750 bits per heavy atom. The largest absolute Gasteiger partial charge is 0.493 e. The summed E-state index contributed by atoms with van der Waals surface area (Å²) in [6.45, 7) is 1.95. The highest BCUT2D eigenvalue weighted by Crippen LogP contribution is 2.44. The summed E-state index contributed by atoms with van der Waals surface area (Å²) in [7, 11) is 4.46. The maximum atomic E-state index is 12.5. The third kappa shape index (κ3) is 15.4. The lowest BCUT2D eigenvalue weighted by Gasteiger charge is -2.36. The van der Waals surface area contributed by atoms with Crippen molar-refractivity contribution in [3.05, 3.63) is 178 Å². The smallest absolute Gasteiger partial charge is 0.229 e. The number of ether oxygens (including phenoxy) is 6. The maximum absolute atomic E-state index is 12.5. The van der Waals surface area contributed by atoms with Gasteiger partial charge in [0.05, 0.1) is 73.5 Å². The average molecular weight is 1280 g/mol. The van der Waals surface area contributed by atoms with Crippen molar-refractivity contribution in [2.75, 3.05) is 81.1 Å². The Labute approximate surface area is 521 Å². The molecular weight excluding hydrogens is 1200 g/mol. The first-order valence-electron chi connectivity index (χ1n) is 29.1. The molecule has 0 fully saturated rings. The SMILES string of the molecule is COc1cc2c(cc1OC)C(CCc1c[nH]c3ccccc13)N(S(C)(=O)=O)CC2.COc1cc2c(cc1OC)C(CCc1c[nH]c3ccccc13)N(S(C)(=O)=O)CC2.COc1cc2c(cc1OC)C(CCc1c[nH]c3ccccc13)NCC2.CS(=O)(=O)Cl. The van der Waals surface area contributed by atoms with Gasteiger partial charge < -0.3 is 48.7 Å². The molecule has 0 bridgehead atoms. The number of fused-ring (bicyclic) bond motifs is 6. The first-order chi connectivity index (χ1) is 42.1. The van der Waals surface area contributed by atoms with Gasteiger partial charge in [0.2, 0.25) is 29.1 Å². The lowest BCUT2D eigenvalue weighted by Crippen LogP contribution is -2.39. The fraction of sp³-hybridized carbons (Fsp3) is 0.364. The number of sulfonamides is 2. The highest BCUT2D eigenvalue weighted by atomic mass is 35.7. The van der Waals surface area contributed by atoms with Crippen LogP contribution in [0.25, 0.3) is 32.7 Å². The fourth-order valence-electron chi connectivity index (χ4n) is 12.5. The van der Waals surface area contributed by atoms with Gasteiger partial charge in [0.1, 0.15) is 0 Å². The first kappa shape index (κ1) is 65.2. The molecule has 470 valence electrons. The zero-order valence-corrected chi connectivity index (χ0v) is 54.4. The van der Waals surface area contributed by atoms with E-state index in [1.807, 2.05) is 60.9 Å². The summed E-state index contributed by atoms with van der Waals surface area (Å²) >= 11 is 0. The number of rotatable bonds is 17. The number of hydrogen-bond donors (Lipinski definition) is 4. The van der Waals surface area contributed by atoms with Crippen LogP contribution in [0.4, 0.5) is 0 Å². The summed E-state index contributed by atoms with van der Waals surface area (Å²) < 4.78 is 105. The summed E-state index contributed by atoms with van der Waals surface area (Å²) in [5.74, 6) is 4.22. The van der Waals surface area contributed by atoms with E-state index in [1.165, 1.54) is 62.0 Å². The number of hydrogen-bond acceptors (Lipinski definition) is 13. The number of aryl methyl sites for hydroxylation is 3. The number of benzene rings is 6. The van der Waals surface area contributed by atoms with E-state index in [2.05, 4.69) is 97.8 Å². The van der Waals surface area contributed by atoms with Crippen molar-refractivity contribution in [2.45, 2.75) is 75.9 Å². The van der Waals surface area contributed by atoms with Gasteiger partial charge in [-0.1, -0.05) is 54.6 Å². The van der Waals surface area contributed by atoms with Crippen molar-refractivity contribution < 1.29 is 53.7 Å². The van der Waals surface area contributed by atoms with Crippen LogP contribution in [0.1, 0.15) is 87.5 Å². The molecule has 22 heteroatoms. The van der Waals surface area contributed by atoms with Crippen molar-refractivity contribution in [1.29, 1.82) is 0 Å². The third-order valence-electron chi connectivity index (χ3n) is 16.7. The molecule has 0 radical (unpaired) electrons. The van der Waals surface area contributed by atoms with Gasteiger partial charge in [-0.3, -0.25) is 0 Å². The molecule has 18 nitrogen and oxygen atoms in total. The van der Waals surface area contributed by atoms with Crippen LogP contribution < -0.4 is 33.7 Å². The summed E-state index contributed by atoms with van der Waals surface area (Å²) in [5, 5.41) is 7.36. The van der Waals surface area contributed by atoms with E-state index in [4.69, 9.17) is 28.4 Å². The van der Waals surface area contributed by atoms with Gasteiger partial charge in [0.15, 0.2) is 34.5 Å². The van der Waals surface area contributed by atoms with E-state index in [9.17, 15) is 25.3 Å². The number of halogens is 1. The Morgan fingerprint density at radius 3 is 1.09 bits per heavy atom. The Bertz CT molecular complexity index is 4050. The van der Waals surface area contributed by atoms with Crippen LogP contribution in [0.5, 0.6) is 34.5 Å². The summed E-state index contributed by atoms with van der Waals surface area (Å²) in [6.07, 6.45) is 17.1. The molecule has 88 heavy (non-hydrogen) atoms. The quantitative estimate of drug-likeness (QED) is 0.0624. The topological polar surface area (TPSA) is 224 Å². The van der Waals surface area contributed by atoms with E-state index >= 15 is 0 Å². The Balaban J connectivity index is 0.000000151. The van der Waals surface area contributed by atoms with E-state index in [0.29, 0.717) is 67.8 Å². The Morgan fingerprint density at radius 1 is 0.443 bits per heavy atom. The van der Waals surface area contributed by atoms with Crippen LogP contribution in [0.3, 0.4) is 0 Å². The van der Waals surface area contributed by atoms with Crippen LogP contribution in [-0.4, -0.2) is 130 Å². The minimum atomic E-state index is -3.33. The maximum Gasteiger partial charge on any atom is 0.229 e. The minimum Gasteiger partial charge on any atom is -0.493 e. The van der Waals surface area contributed by atoms with E-state index in [1.54, 1.807) is 51.3 Å². The molecule has 6 heterocycles. The summed E-state index contributed by atoms with van der Waals surface area (Å²) in [5.41, 5.74) is 14.1. The number of aromatic amines is 3. The number of H-pyrrole nitrogens is 3. The molecule has 0 amide bonds. The lowest BCUT2D eigenvalue weighted by molar-refractivity contribution is 0.291. The third-order valence-corrected chi connectivity index (χ3v) is 19.2. The highest BCUT2D eigenvalue weighted by Gasteiger charge is 2.36. The second-order valence-electron chi connectivity index (χ2n) is 22.1. The lowest BCUT2D eigenvalue weighted by atomic mass is 9.90. The fourth-order valence-corrected chi connectivity index (χ4v) is 14.7. The van der Waals surface area contributed by atoms with Crippen molar-refractivity contribution in [2.24, 2.45) is 0 Å². The normalized spacial score (nSPS) is 16.8. The van der Waals surface area contributed by atoms with Crippen LogP contribution in [0.15, 0.2) is 128 Å². The molecule has 0 spiro atoms. The van der Waals surface area contributed by atoms with Crippen molar-refractivity contribution >= 4 is 72.5 Å². The molecule has 3 atom stereocenters. The molecule has 3 unspecified atom stereocenters. The van der Waals surface area contributed by atoms with E-state index in [0.717, 1.165) is 89.7 Å². The number of nitrogens with zero attached hydrogens (tertiary/aromatic N) is 2. The predicted octanol–water partition coefficient (Wildman–Crippen LogP) is 11.5. The van der Waals surface area contributed by atoms with Crippen LogP contribution >= 0.6 is 10.7 Å². The molecule has 9 aromatic rings. The molecule has 6 aromatic carbocycles. The Kier molecular flexibility index (Phi) is 21.1. The molecule has 0 saturated carbocycles. The average Bonchev–Trinajstić information content (AvgIpc) is 1.41. The van der Waals surface area contributed by atoms with Gasteiger partial charge in [0, 0.05) is 81.1 Å². The zero-order valence-electron chi connectivity index (χ0n) is 51.2. The van der Waals surface area contributed by atoms with E-state index in [-0.39, 0.29) is 12.1 Å². The molecule has 0 saturated heterocycles. The molecule has 0 aliphatic carbocycles. The molecule has 3 aromatic heterocycles. The van der Waals surface area contributed by atoms with Gasteiger partial charge in [0.25, 0.3) is 0 Å². The van der Waals surface area contributed by atoms with Gasteiger partial charge in [-0.05, 0) is 169 Å². The predicted molar refractivity (Wildman–Crippen MR) is 350 cm³/mol. The van der Waals surface area contributed by atoms with Gasteiger partial charge in [-0.2, -0.15) is 8.61 Å². The van der Waals surface area contributed by atoms with Gasteiger partial charge >= 0.3 is 0 Å². The van der Waals surface area contributed by atoms with Crippen molar-refractivity contribution in [3.63, 3.8) is 0 Å². The monoisotopic (exact) mass is 1280 g/mol. The number of methoxy groups -OCH3 is 6. The second kappa shape index (κ2) is 28.5. The number of para-hydroxylation sites is 3. The summed E-state index contributed by atoms with van der Waals surface area (Å²) in [6, 6.07) is 36.8.